The van der Waals surface area contributed by atoms with Crippen LogP contribution in [0.2, 0.25) is 0 Å². The molecule has 0 amide bonds. The monoisotopic (exact) mass is 366 g/mol. The number of carbonyl (C=O) groups excluding carboxylic acids is 2. The van der Waals surface area contributed by atoms with Crippen molar-refractivity contribution in [3.8, 4) is 0 Å². The summed E-state index contributed by atoms with van der Waals surface area (Å²) in [6, 6.07) is 0. The van der Waals surface area contributed by atoms with E-state index in [2.05, 4.69) is 22.6 Å². The average molecular weight is 366 g/mol. The third-order valence-electron chi connectivity index (χ3n) is 4.26. The van der Waals surface area contributed by atoms with Gasteiger partial charge in [-0.1, -0.05) is 22.6 Å². The Balaban J connectivity index is 2.01. The second-order valence-corrected chi connectivity index (χ2v) is 6.83. The van der Waals surface area contributed by atoms with Crippen LogP contribution in [0.25, 0.3) is 0 Å². The Kier molecular flexibility index (Phi) is 3.14. The maximum Gasteiger partial charge on any atom is 0.306 e. The lowest BCUT2D eigenvalue weighted by Crippen LogP contribution is -2.62. The molecule has 0 aromatic carbocycles. The maximum absolute atomic E-state index is 11.8. The molecule has 5 nitrogen and oxygen atoms in total. The van der Waals surface area contributed by atoms with E-state index in [1.54, 1.807) is 0 Å². The van der Waals surface area contributed by atoms with Gasteiger partial charge < -0.3 is 19.0 Å². The predicted molar refractivity (Wildman–Crippen MR) is 69.3 cm³/mol. The number of carbonyl (C=O) groups is 2. The van der Waals surface area contributed by atoms with Gasteiger partial charge in [0.05, 0.1) is 23.6 Å². The van der Waals surface area contributed by atoms with Crippen LogP contribution >= 0.6 is 22.6 Å². The van der Waals surface area contributed by atoms with Crippen LogP contribution in [0.3, 0.4) is 0 Å². The fraction of sp³-hybridized carbons (Fsp3) is 0.833. The fourth-order valence-electron chi connectivity index (χ4n) is 3.43. The van der Waals surface area contributed by atoms with Crippen molar-refractivity contribution >= 4 is 34.8 Å². The first-order valence-corrected chi connectivity index (χ1v) is 7.40. The van der Waals surface area contributed by atoms with Crippen molar-refractivity contribution in [1.29, 1.82) is 0 Å². The van der Waals surface area contributed by atoms with Gasteiger partial charge in [-0.15, -0.1) is 0 Å². The highest BCUT2D eigenvalue weighted by atomic mass is 127. The number of rotatable bonds is 2. The highest BCUT2D eigenvalue weighted by Gasteiger charge is 2.64. The number of esters is 1. The number of hydrogen-bond donors (Lipinski definition) is 0. The Bertz CT molecular complexity index is 379. The van der Waals surface area contributed by atoms with Crippen molar-refractivity contribution in [3.05, 3.63) is 0 Å². The summed E-state index contributed by atoms with van der Waals surface area (Å²) in [5.74, 6) is -1.01. The Morgan fingerprint density at radius 3 is 2.72 bits per heavy atom. The standard InChI is InChI=1S/C12H15IO5/c13-8-5-12(16-3-4-17-12)11(1-2-14)6-9(8)18-10(15)7-11/h2,8-9H,1,3-7H2. The van der Waals surface area contributed by atoms with Crippen molar-refractivity contribution < 1.29 is 23.8 Å². The molecule has 1 aliphatic carbocycles. The molecule has 2 bridgehead atoms. The summed E-state index contributed by atoms with van der Waals surface area (Å²) in [7, 11) is 0. The van der Waals surface area contributed by atoms with E-state index in [0.29, 0.717) is 32.5 Å². The van der Waals surface area contributed by atoms with E-state index in [-0.39, 0.29) is 22.4 Å². The van der Waals surface area contributed by atoms with E-state index in [9.17, 15) is 9.59 Å². The molecule has 18 heavy (non-hydrogen) atoms. The summed E-state index contributed by atoms with van der Waals surface area (Å²) in [5, 5.41) is 0. The van der Waals surface area contributed by atoms with Gasteiger partial charge in [0.2, 0.25) is 0 Å². The Hall–Kier alpha value is -0.210. The van der Waals surface area contributed by atoms with Gasteiger partial charge >= 0.3 is 5.97 Å². The molecule has 6 heteroatoms. The molecule has 1 spiro atoms. The molecule has 0 aromatic rings. The van der Waals surface area contributed by atoms with Crippen molar-refractivity contribution in [2.45, 2.75) is 41.5 Å². The number of hydrogen-bond acceptors (Lipinski definition) is 5. The molecular weight excluding hydrogens is 351 g/mol. The summed E-state index contributed by atoms with van der Waals surface area (Å²) < 4.78 is 17.2. The first-order chi connectivity index (χ1) is 8.61. The topological polar surface area (TPSA) is 61.8 Å². The van der Waals surface area contributed by atoms with Crippen LogP contribution in [-0.4, -0.2) is 41.3 Å². The van der Waals surface area contributed by atoms with Crippen LogP contribution in [-0.2, 0) is 23.8 Å². The lowest BCUT2D eigenvalue weighted by molar-refractivity contribution is -0.280. The first-order valence-electron chi connectivity index (χ1n) is 6.16. The van der Waals surface area contributed by atoms with Gasteiger partial charge in [0.25, 0.3) is 0 Å². The van der Waals surface area contributed by atoms with Crippen molar-refractivity contribution in [2.75, 3.05) is 13.2 Å². The molecule has 2 heterocycles. The highest BCUT2D eigenvalue weighted by molar-refractivity contribution is 14.1. The second-order valence-electron chi connectivity index (χ2n) is 5.23. The zero-order valence-electron chi connectivity index (χ0n) is 9.89. The van der Waals surface area contributed by atoms with Gasteiger partial charge in [-0.2, -0.15) is 0 Å². The van der Waals surface area contributed by atoms with E-state index in [0.717, 1.165) is 6.29 Å². The lowest BCUT2D eigenvalue weighted by atomic mass is 9.63. The molecule has 0 radical (unpaired) electrons. The van der Waals surface area contributed by atoms with Crippen molar-refractivity contribution in [1.82, 2.24) is 0 Å². The molecule has 100 valence electrons. The number of fused-ring (bicyclic) bond motifs is 3. The summed E-state index contributed by atoms with van der Waals surface area (Å²) >= 11 is 2.28. The van der Waals surface area contributed by atoms with E-state index < -0.39 is 11.2 Å². The largest absolute Gasteiger partial charge is 0.461 e. The molecule has 2 saturated heterocycles. The Morgan fingerprint density at radius 1 is 1.33 bits per heavy atom. The van der Waals surface area contributed by atoms with E-state index >= 15 is 0 Å². The molecule has 0 aromatic heterocycles. The minimum Gasteiger partial charge on any atom is -0.461 e. The number of ether oxygens (including phenoxy) is 3. The van der Waals surface area contributed by atoms with Crippen LogP contribution in [0, 0.1) is 5.41 Å². The lowest BCUT2D eigenvalue weighted by Gasteiger charge is -2.54. The van der Waals surface area contributed by atoms with Crippen LogP contribution in [0.15, 0.2) is 0 Å². The van der Waals surface area contributed by atoms with E-state index in [1.807, 2.05) is 0 Å². The van der Waals surface area contributed by atoms with Crippen LogP contribution in [0.4, 0.5) is 0 Å². The highest BCUT2D eigenvalue weighted by Crippen LogP contribution is 2.57. The molecule has 0 N–H and O–H groups in total. The van der Waals surface area contributed by atoms with Crippen LogP contribution in [0.5, 0.6) is 0 Å². The smallest absolute Gasteiger partial charge is 0.306 e. The zero-order valence-corrected chi connectivity index (χ0v) is 12.1. The molecule has 1 saturated carbocycles. The second kappa shape index (κ2) is 4.42. The minimum absolute atomic E-state index is 0.120. The maximum atomic E-state index is 11.8. The number of halogens is 1. The average Bonchev–Trinajstić information content (AvgIpc) is 2.77. The quantitative estimate of drug-likeness (QED) is 0.318. The van der Waals surface area contributed by atoms with Gasteiger partial charge in [-0.05, 0) is 6.42 Å². The zero-order chi connectivity index (χ0) is 12.8. The van der Waals surface area contributed by atoms with Gasteiger partial charge in [-0.3, -0.25) is 4.79 Å². The minimum atomic E-state index is -0.768. The number of aldehydes is 1. The molecule has 3 unspecified atom stereocenters. The summed E-state index contributed by atoms with van der Waals surface area (Å²) in [6.45, 7) is 1.06. The van der Waals surface area contributed by atoms with Gasteiger partial charge in [0.15, 0.2) is 5.79 Å². The Labute approximate surface area is 119 Å². The molecule has 3 rings (SSSR count). The van der Waals surface area contributed by atoms with Gasteiger partial charge in [-0.25, -0.2) is 0 Å². The molecule has 3 atom stereocenters. The van der Waals surface area contributed by atoms with Crippen LogP contribution < -0.4 is 0 Å². The first kappa shape index (κ1) is 12.8. The molecule has 2 aliphatic heterocycles. The summed E-state index contributed by atoms with van der Waals surface area (Å²) in [5.41, 5.74) is -0.535. The normalized spacial score (nSPS) is 41.7. The molecular formula is C12H15IO5. The van der Waals surface area contributed by atoms with Gasteiger partial charge in [0, 0.05) is 18.3 Å². The third-order valence-corrected chi connectivity index (χ3v) is 5.50. The Morgan fingerprint density at radius 2 is 2.06 bits per heavy atom. The molecule has 3 fully saturated rings. The van der Waals surface area contributed by atoms with Crippen LogP contribution in [0.1, 0.15) is 25.7 Å². The predicted octanol–water partition coefficient (Wildman–Crippen LogP) is 1.22. The van der Waals surface area contributed by atoms with E-state index in [1.165, 1.54) is 0 Å². The molecule has 3 aliphatic rings. The van der Waals surface area contributed by atoms with E-state index in [4.69, 9.17) is 14.2 Å². The SMILES string of the molecule is O=CCC12CC(=O)OC(C1)C(I)CC21OCCO1. The summed E-state index contributed by atoms with van der Waals surface area (Å²) in [4.78, 5) is 22.8. The van der Waals surface area contributed by atoms with Gasteiger partial charge in [0.1, 0.15) is 12.4 Å². The fourth-order valence-corrected chi connectivity index (χ4v) is 4.41. The van der Waals surface area contributed by atoms with Crippen molar-refractivity contribution in [2.24, 2.45) is 5.41 Å². The third kappa shape index (κ3) is 1.72. The number of alkyl halides is 1. The summed E-state index contributed by atoms with van der Waals surface area (Å²) in [6.07, 6.45) is 2.60. The van der Waals surface area contributed by atoms with Crippen molar-refractivity contribution in [3.63, 3.8) is 0 Å².